The van der Waals surface area contributed by atoms with Crippen molar-refractivity contribution in [2.75, 3.05) is 46.0 Å². The lowest BCUT2D eigenvalue weighted by molar-refractivity contribution is 0.0375. The third-order valence-corrected chi connectivity index (χ3v) is 3.26. The van der Waals surface area contributed by atoms with E-state index in [-0.39, 0.29) is 12.3 Å². The minimum atomic E-state index is -0.121. The molecular weight excluding hydrogens is 234 g/mol. The molecule has 2 rings (SSSR count). The van der Waals surface area contributed by atoms with Gasteiger partial charge in [0, 0.05) is 26.2 Å². The summed E-state index contributed by atoms with van der Waals surface area (Å²) in [6.45, 7) is 6.13. The highest BCUT2D eigenvalue weighted by Crippen LogP contribution is 2.08. The lowest BCUT2D eigenvalue weighted by atomic mass is 10.3. The van der Waals surface area contributed by atoms with Gasteiger partial charge in [-0.1, -0.05) is 0 Å². The maximum Gasteiger partial charge on any atom is 0.316 e. The molecule has 0 aromatic rings. The van der Waals surface area contributed by atoms with Gasteiger partial charge in [-0.15, -0.1) is 0 Å². The summed E-state index contributed by atoms with van der Waals surface area (Å²) in [5.74, 6) is 0. The maximum atomic E-state index is 11.5. The van der Waals surface area contributed by atoms with Crippen molar-refractivity contribution in [1.29, 1.82) is 0 Å². The van der Waals surface area contributed by atoms with Crippen LogP contribution in [0.1, 0.15) is 19.3 Å². The van der Waals surface area contributed by atoms with E-state index in [1.54, 1.807) is 0 Å². The fourth-order valence-electron chi connectivity index (χ4n) is 2.22. The number of urea groups is 1. The molecule has 0 saturated carbocycles. The zero-order valence-electron chi connectivity index (χ0n) is 10.8. The van der Waals surface area contributed by atoms with Crippen molar-refractivity contribution in [3.63, 3.8) is 0 Å². The highest BCUT2D eigenvalue weighted by molar-refractivity contribution is 5.73. The molecule has 0 radical (unpaired) electrons. The summed E-state index contributed by atoms with van der Waals surface area (Å²) in [6, 6.07) is -0.121. The van der Waals surface area contributed by atoms with Gasteiger partial charge in [-0.25, -0.2) is 4.79 Å². The zero-order valence-corrected chi connectivity index (χ0v) is 10.8. The number of hydrogen-bond acceptors (Lipinski definition) is 4. The summed E-state index contributed by atoms with van der Waals surface area (Å²) < 4.78 is 10.6. The number of morpholine rings is 1. The molecule has 104 valence electrons. The first kappa shape index (κ1) is 13.6. The summed E-state index contributed by atoms with van der Waals surface area (Å²) in [5, 5.41) is 5.67. The van der Waals surface area contributed by atoms with Crippen molar-refractivity contribution < 1.29 is 14.3 Å². The largest absolute Gasteiger partial charge is 0.379 e. The van der Waals surface area contributed by atoms with Gasteiger partial charge in [0.05, 0.1) is 13.2 Å². The van der Waals surface area contributed by atoms with E-state index in [1.807, 2.05) is 0 Å². The molecule has 2 N–H and O–H groups in total. The molecule has 2 aliphatic heterocycles. The topological polar surface area (TPSA) is 62.8 Å². The highest BCUT2D eigenvalue weighted by Gasteiger charge is 2.17. The molecule has 2 saturated heterocycles. The summed E-state index contributed by atoms with van der Waals surface area (Å²) in [4.78, 5) is 13.9. The van der Waals surface area contributed by atoms with Gasteiger partial charge < -0.3 is 20.1 Å². The molecular formula is C12H23N3O3. The van der Waals surface area contributed by atoms with Gasteiger partial charge in [0.2, 0.25) is 0 Å². The molecule has 2 aliphatic rings. The number of nitrogens with one attached hydrogen (secondary N) is 2. The number of rotatable bonds is 5. The van der Waals surface area contributed by atoms with Crippen molar-refractivity contribution in [2.24, 2.45) is 0 Å². The first-order chi connectivity index (χ1) is 8.84. The number of ether oxygens (including phenoxy) is 2. The number of hydrogen-bond donors (Lipinski definition) is 2. The Morgan fingerprint density at radius 3 is 2.83 bits per heavy atom. The van der Waals surface area contributed by atoms with Gasteiger partial charge >= 0.3 is 6.03 Å². The molecule has 1 atom stereocenters. The van der Waals surface area contributed by atoms with E-state index in [4.69, 9.17) is 9.47 Å². The SMILES string of the molecule is O=C(NCCCN1CCOCC1)NC1CCCO1. The average Bonchev–Trinajstić information content (AvgIpc) is 2.89. The molecule has 0 aromatic carbocycles. The lowest BCUT2D eigenvalue weighted by Gasteiger charge is -2.26. The fourth-order valence-corrected chi connectivity index (χ4v) is 2.22. The Balaban J connectivity index is 1.47. The van der Waals surface area contributed by atoms with Crippen LogP contribution in [0, 0.1) is 0 Å². The Kier molecular flexibility index (Phi) is 5.70. The molecule has 1 unspecified atom stereocenters. The van der Waals surface area contributed by atoms with Crippen LogP contribution in [0.15, 0.2) is 0 Å². The standard InChI is InChI=1S/C12H23N3O3/c16-12(14-11-3-1-8-18-11)13-4-2-5-15-6-9-17-10-7-15/h11H,1-10H2,(H2,13,14,16). The predicted octanol–water partition coefficient (Wildman–Crippen LogP) is 0.144. The quantitative estimate of drug-likeness (QED) is 0.688. The minimum absolute atomic E-state index is 0.0933. The molecule has 6 heteroatoms. The summed E-state index contributed by atoms with van der Waals surface area (Å²) in [6.07, 6.45) is 2.83. The van der Waals surface area contributed by atoms with Crippen LogP contribution in [-0.2, 0) is 9.47 Å². The van der Waals surface area contributed by atoms with Crippen LogP contribution in [0.2, 0.25) is 0 Å². The Morgan fingerprint density at radius 2 is 2.11 bits per heavy atom. The predicted molar refractivity (Wildman–Crippen MR) is 67.4 cm³/mol. The van der Waals surface area contributed by atoms with Crippen LogP contribution in [-0.4, -0.2) is 63.2 Å². The smallest absolute Gasteiger partial charge is 0.316 e. The molecule has 2 heterocycles. The van der Waals surface area contributed by atoms with Gasteiger partial charge in [0.25, 0.3) is 0 Å². The monoisotopic (exact) mass is 257 g/mol. The summed E-state index contributed by atoms with van der Waals surface area (Å²) in [5.41, 5.74) is 0. The van der Waals surface area contributed by atoms with Gasteiger partial charge in [-0.3, -0.25) is 4.90 Å². The van der Waals surface area contributed by atoms with Crippen LogP contribution >= 0.6 is 0 Å². The molecule has 0 aliphatic carbocycles. The van der Waals surface area contributed by atoms with Crippen molar-refractivity contribution >= 4 is 6.03 Å². The second-order valence-corrected chi connectivity index (χ2v) is 4.71. The first-order valence-corrected chi connectivity index (χ1v) is 6.81. The Hall–Kier alpha value is -0.850. The molecule has 0 bridgehead atoms. The summed E-state index contributed by atoms with van der Waals surface area (Å²) >= 11 is 0. The van der Waals surface area contributed by atoms with E-state index < -0.39 is 0 Å². The van der Waals surface area contributed by atoms with Crippen LogP contribution in [0.3, 0.4) is 0 Å². The lowest BCUT2D eigenvalue weighted by Crippen LogP contribution is -2.43. The highest BCUT2D eigenvalue weighted by atomic mass is 16.5. The second kappa shape index (κ2) is 7.56. The van der Waals surface area contributed by atoms with Crippen LogP contribution < -0.4 is 10.6 Å². The molecule has 0 spiro atoms. The van der Waals surface area contributed by atoms with E-state index in [1.165, 1.54) is 0 Å². The van der Waals surface area contributed by atoms with Crippen LogP contribution in [0.25, 0.3) is 0 Å². The molecule has 0 aromatic heterocycles. The van der Waals surface area contributed by atoms with E-state index in [0.29, 0.717) is 6.54 Å². The van der Waals surface area contributed by atoms with E-state index in [9.17, 15) is 4.79 Å². The number of carbonyl (C=O) groups excluding carboxylic acids is 1. The number of carbonyl (C=O) groups is 1. The van der Waals surface area contributed by atoms with Crippen LogP contribution in [0.5, 0.6) is 0 Å². The fraction of sp³-hybridized carbons (Fsp3) is 0.917. The second-order valence-electron chi connectivity index (χ2n) is 4.71. The molecule has 18 heavy (non-hydrogen) atoms. The molecule has 2 amide bonds. The third-order valence-electron chi connectivity index (χ3n) is 3.26. The van der Waals surface area contributed by atoms with E-state index in [2.05, 4.69) is 15.5 Å². The van der Waals surface area contributed by atoms with E-state index >= 15 is 0 Å². The van der Waals surface area contributed by atoms with Crippen molar-refractivity contribution in [3.05, 3.63) is 0 Å². The molecule has 2 fully saturated rings. The normalized spacial score (nSPS) is 25.0. The average molecular weight is 257 g/mol. The minimum Gasteiger partial charge on any atom is -0.379 e. The number of nitrogens with zero attached hydrogens (tertiary/aromatic N) is 1. The Labute approximate surface area is 108 Å². The maximum absolute atomic E-state index is 11.5. The van der Waals surface area contributed by atoms with Gasteiger partial charge in [0.15, 0.2) is 0 Å². The number of amides is 2. The van der Waals surface area contributed by atoms with Crippen LogP contribution in [0.4, 0.5) is 4.79 Å². The van der Waals surface area contributed by atoms with Crippen molar-refractivity contribution in [2.45, 2.75) is 25.5 Å². The van der Waals surface area contributed by atoms with Crippen molar-refractivity contribution in [3.8, 4) is 0 Å². The van der Waals surface area contributed by atoms with Gasteiger partial charge in [-0.05, 0) is 25.8 Å². The first-order valence-electron chi connectivity index (χ1n) is 6.81. The Morgan fingerprint density at radius 1 is 1.28 bits per heavy atom. The zero-order chi connectivity index (χ0) is 12.6. The molecule has 6 nitrogen and oxygen atoms in total. The van der Waals surface area contributed by atoms with Crippen molar-refractivity contribution in [1.82, 2.24) is 15.5 Å². The van der Waals surface area contributed by atoms with E-state index in [0.717, 1.165) is 58.7 Å². The summed E-state index contributed by atoms with van der Waals surface area (Å²) in [7, 11) is 0. The Bertz CT molecular complexity index is 251. The van der Waals surface area contributed by atoms with Gasteiger partial charge in [-0.2, -0.15) is 0 Å². The van der Waals surface area contributed by atoms with Gasteiger partial charge in [0.1, 0.15) is 6.23 Å². The third kappa shape index (κ3) is 4.80.